The molecular formula is C60H68N8O3S. The Bertz CT molecular complexity index is 2740. The predicted octanol–water partition coefficient (Wildman–Crippen LogP) is 10.9. The molecule has 2 aliphatic rings. The molecule has 2 aliphatic heterocycles. The third kappa shape index (κ3) is 11.7. The molecule has 8 aromatic rings. The van der Waals surface area contributed by atoms with E-state index in [2.05, 4.69) is 109 Å². The van der Waals surface area contributed by atoms with Gasteiger partial charge < -0.3 is 14.2 Å². The van der Waals surface area contributed by atoms with Crippen molar-refractivity contribution in [3.63, 3.8) is 0 Å². The number of piperazine rings is 2. The van der Waals surface area contributed by atoms with Crippen LogP contribution in [-0.4, -0.2) is 130 Å². The van der Waals surface area contributed by atoms with Crippen LogP contribution < -0.4 is 0 Å². The highest BCUT2D eigenvalue weighted by molar-refractivity contribution is 7.07. The van der Waals surface area contributed by atoms with E-state index in [-0.39, 0.29) is 23.9 Å². The second kappa shape index (κ2) is 24.3. The normalized spacial score (nSPS) is 15.7. The van der Waals surface area contributed by atoms with Crippen LogP contribution in [0.4, 0.5) is 0 Å². The zero-order valence-corrected chi connectivity index (χ0v) is 43.1. The minimum absolute atomic E-state index is 0.0669. The van der Waals surface area contributed by atoms with E-state index in [1.807, 2.05) is 98.6 Å². The maximum atomic E-state index is 12.9. The van der Waals surface area contributed by atoms with Crippen LogP contribution in [0.15, 0.2) is 161 Å². The Labute approximate surface area is 429 Å². The molecule has 12 heteroatoms. The van der Waals surface area contributed by atoms with E-state index in [1.54, 1.807) is 17.6 Å². The van der Waals surface area contributed by atoms with Gasteiger partial charge in [-0.3, -0.25) is 39.2 Å². The number of thiophene rings is 1. The first-order valence-corrected chi connectivity index (χ1v) is 26.7. The number of aromatic nitrogens is 2. The molecule has 0 spiro atoms. The Morgan fingerprint density at radius 3 is 1.39 bits per heavy atom. The van der Waals surface area contributed by atoms with Gasteiger partial charge in [0, 0.05) is 143 Å². The van der Waals surface area contributed by atoms with Crippen molar-refractivity contribution in [1.29, 1.82) is 0 Å². The van der Waals surface area contributed by atoms with Gasteiger partial charge in [-0.15, -0.1) is 0 Å². The summed E-state index contributed by atoms with van der Waals surface area (Å²) in [6, 6.07) is 42.1. The van der Waals surface area contributed by atoms with Crippen LogP contribution >= 0.6 is 11.3 Å². The molecule has 2 saturated heterocycles. The summed E-state index contributed by atoms with van der Waals surface area (Å²) in [4.78, 5) is 49.2. The number of amides is 2. The van der Waals surface area contributed by atoms with Gasteiger partial charge in [0.25, 0.3) is 11.8 Å². The molecule has 0 radical (unpaired) electrons. The molecule has 6 heterocycles. The van der Waals surface area contributed by atoms with Crippen molar-refractivity contribution in [2.24, 2.45) is 0 Å². The molecule has 72 heavy (non-hydrogen) atoms. The average Bonchev–Trinajstić information content (AvgIpc) is 4.16. The summed E-state index contributed by atoms with van der Waals surface area (Å²) in [6.45, 7) is 20.8. The third-order valence-corrected chi connectivity index (χ3v) is 15.2. The number of carbonyl (C=O) groups is 2. The second-order valence-electron chi connectivity index (χ2n) is 18.7. The fourth-order valence-electron chi connectivity index (χ4n) is 10.5. The SMILES string of the molecule is CCN(CC)C(=O)c1ccc(C(c2cccc3cccnc23)N2CCN(Cc3ccoc3)CC2)cc1.CCN(CC)C(=O)c1ccc(C(c2cccc3cccnc23)N2CCN(Cc3ccsc3)CC2)cc1. The maximum Gasteiger partial charge on any atom is 0.253 e. The smallest absolute Gasteiger partial charge is 0.253 e. The van der Waals surface area contributed by atoms with E-state index in [1.165, 1.54) is 33.4 Å². The molecule has 2 fully saturated rings. The lowest BCUT2D eigenvalue weighted by Crippen LogP contribution is -2.47. The quantitative estimate of drug-likeness (QED) is 0.0938. The molecule has 0 N–H and O–H groups in total. The molecule has 0 aliphatic carbocycles. The summed E-state index contributed by atoms with van der Waals surface area (Å²) in [7, 11) is 0. The number of carbonyl (C=O) groups excluding carboxylic acids is 2. The zero-order chi connectivity index (χ0) is 49.8. The molecule has 4 aromatic heterocycles. The fraction of sp³-hybridized carbons (Fsp3) is 0.333. The fourth-order valence-corrected chi connectivity index (χ4v) is 11.2. The van der Waals surface area contributed by atoms with Crippen LogP contribution in [-0.2, 0) is 13.1 Å². The van der Waals surface area contributed by atoms with Crippen molar-refractivity contribution in [2.45, 2.75) is 52.9 Å². The third-order valence-electron chi connectivity index (χ3n) is 14.5. The molecule has 0 saturated carbocycles. The second-order valence-corrected chi connectivity index (χ2v) is 19.5. The molecule has 2 atom stereocenters. The van der Waals surface area contributed by atoms with Crippen molar-refractivity contribution in [2.75, 3.05) is 78.5 Å². The van der Waals surface area contributed by atoms with Crippen LogP contribution in [0.5, 0.6) is 0 Å². The number of benzene rings is 4. The molecule has 4 aromatic carbocycles. The lowest BCUT2D eigenvalue weighted by molar-refractivity contribution is 0.0765. The van der Waals surface area contributed by atoms with Gasteiger partial charge in [0.1, 0.15) is 0 Å². The van der Waals surface area contributed by atoms with Crippen molar-refractivity contribution >= 4 is 45.0 Å². The van der Waals surface area contributed by atoms with E-state index in [0.29, 0.717) is 13.1 Å². The Balaban J connectivity index is 0.000000178. The number of furan rings is 1. The minimum Gasteiger partial charge on any atom is -0.472 e. The number of rotatable bonds is 16. The zero-order valence-electron chi connectivity index (χ0n) is 42.3. The topological polar surface area (TPSA) is 92.5 Å². The van der Waals surface area contributed by atoms with Gasteiger partial charge >= 0.3 is 0 Å². The van der Waals surface area contributed by atoms with Gasteiger partial charge in [-0.2, -0.15) is 11.3 Å². The number of hydrogen-bond acceptors (Lipinski definition) is 10. The number of fused-ring (bicyclic) bond motifs is 2. The Morgan fingerprint density at radius 1 is 0.542 bits per heavy atom. The highest BCUT2D eigenvalue weighted by Gasteiger charge is 2.30. The standard InChI is InChI=1S/C30H34N4O2.C30H34N4OS/c2*1-3-33(4-2)30(35)26-12-10-25(11-13-26)29(27-9-5-7-24-8-6-15-31-28(24)27)34-18-16-32(17-19-34)21-23-14-20-36-22-23/h2*5-15,20,22,29H,3-4,16-19,21H2,1-2H3. The van der Waals surface area contributed by atoms with Gasteiger partial charge in [-0.05, 0) is 104 Å². The first-order valence-electron chi connectivity index (χ1n) is 25.8. The predicted molar refractivity (Wildman–Crippen MR) is 291 cm³/mol. The van der Waals surface area contributed by atoms with Crippen molar-refractivity contribution in [3.05, 3.63) is 202 Å². The summed E-state index contributed by atoms with van der Waals surface area (Å²) in [5.41, 5.74) is 11.0. The first kappa shape index (κ1) is 50.4. The summed E-state index contributed by atoms with van der Waals surface area (Å²) in [5.74, 6) is 0.180. The number of hydrogen-bond donors (Lipinski definition) is 0. The van der Waals surface area contributed by atoms with Crippen molar-refractivity contribution in [3.8, 4) is 0 Å². The Morgan fingerprint density at radius 2 is 0.986 bits per heavy atom. The highest BCUT2D eigenvalue weighted by atomic mass is 32.1. The summed E-state index contributed by atoms with van der Waals surface area (Å²) in [5, 5.41) is 6.71. The largest absolute Gasteiger partial charge is 0.472 e. The molecule has 372 valence electrons. The lowest BCUT2D eigenvalue weighted by Gasteiger charge is -2.40. The van der Waals surface area contributed by atoms with Crippen LogP contribution in [0.25, 0.3) is 21.8 Å². The monoisotopic (exact) mass is 981 g/mol. The molecule has 10 rings (SSSR count). The minimum atomic E-state index is 0.0669. The maximum absolute atomic E-state index is 12.9. The van der Waals surface area contributed by atoms with E-state index < -0.39 is 0 Å². The summed E-state index contributed by atoms with van der Waals surface area (Å²) in [6.07, 6.45) is 7.33. The average molecular weight is 981 g/mol. The van der Waals surface area contributed by atoms with Crippen molar-refractivity contribution in [1.82, 2.24) is 39.4 Å². The van der Waals surface area contributed by atoms with E-state index in [4.69, 9.17) is 14.4 Å². The molecule has 0 bridgehead atoms. The van der Waals surface area contributed by atoms with Crippen molar-refractivity contribution < 1.29 is 14.0 Å². The number of para-hydroxylation sites is 2. The summed E-state index contributed by atoms with van der Waals surface area (Å²) >= 11 is 1.77. The number of pyridine rings is 2. The van der Waals surface area contributed by atoms with E-state index in [9.17, 15) is 9.59 Å². The van der Waals surface area contributed by atoms with E-state index in [0.717, 1.165) is 111 Å². The van der Waals surface area contributed by atoms with Gasteiger partial charge in [0.05, 0.1) is 35.6 Å². The van der Waals surface area contributed by atoms with Gasteiger partial charge in [-0.1, -0.05) is 72.8 Å². The molecule has 2 amide bonds. The Kier molecular flexibility index (Phi) is 17.0. The molecule has 2 unspecified atom stereocenters. The molecule has 11 nitrogen and oxygen atoms in total. The van der Waals surface area contributed by atoms with Crippen LogP contribution in [0.3, 0.4) is 0 Å². The summed E-state index contributed by atoms with van der Waals surface area (Å²) < 4.78 is 5.26. The van der Waals surface area contributed by atoms with E-state index >= 15 is 0 Å². The van der Waals surface area contributed by atoms with Gasteiger partial charge in [-0.25, -0.2) is 0 Å². The van der Waals surface area contributed by atoms with Gasteiger partial charge in [0.2, 0.25) is 0 Å². The highest BCUT2D eigenvalue weighted by Crippen LogP contribution is 2.36. The lowest BCUT2D eigenvalue weighted by atomic mass is 9.93. The van der Waals surface area contributed by atoms with Crippen LogP contribution in [0, 0.1) is 0 Å². The molecular weight excluding hydrogens is 913 g/mol. The number of nitrogens with zero attached hydrogens (tertiary/aromatic N) is 8. The van der Waals surface area contributed by atoms with Crippen LogP contribution in [0.1, 0.15) is 93.9 Å². The van der Waals surface area contributed by atoms with Crippen LogP contribution in [0.2, 0.25) is 0 Å². The van der Waals surface area contributed by atoms with Gasteiger partial charge in [0.15, 0.2) is 0 Å². The first-order chi connectivity index (χ1) is 35.3. The Hall–Kier alpha value is -6.54.